The molecule has 0 spiro atoms. The van der Waals surface area contributed by atoms with Gasteiger partial charge in [-0.2, -0.15) is 0 Å². The number of benzene rings is 1. The van der Waals surface area contributed by atoms with Gasteiger partial charge in [0, 0.05) is 44.5 Å². The maximum absolute atomic E-state index is 12.2. The largest absolute Gasteiger partial charge is 0.378 e. The zero-order valence-electron chi connectivity index (χ0n) is 13.2. The van der Waals surface area contributed by atoms with Crippen LogP contribution in [-0.2, 0) is 6.42 Å². The van der Waals surface area contributed by atoms with Crippen LogP contribution in [0.25, 0.3) is 5.65 Å². The second-order valence-corrected chi connectivity index (χ2v) is 5.49. The lowest BCUT2D eigenvalue weighted by atomic mass is 10.2. The van der Waals surface area contributed by atoms with Crippen molar-refractivity contribution in [2.45, 2.75) is 6.42 Å². The Morgan fingerprint density at radius 1 is 1.13 bits per heavy atom. The molecule has 2 aromatic heterocycles. The van der Waals surface area contributed by atoms with E-state index in [9.17, 15) is 4.79 Å². The average Bonchev–Trinajstić information content (AvgIpc) is 2.98. The third kappa shape index (κ3) is 3.31. The molecule has 0 unspecified atom stereocenters. The van der Waals surface area contributed by atoms with E-state index in [1.165, 1.54) is 0 Å². The first kappa shape index (κ1) is 15.0. The maximum Gasteiger partial charge on any atom is 0.251 e. The van der Waals surface area contributed by atoms with Crippen molar-refractivity contribution in [1.29, 1.82) is 0 Å². The summed E-state index contributed by atoms with van der Waals surface area (Å²) in [4.78, 5) is 14.1. The predicted molar refractivity (Wildman–Crippen MR) is 89.8 cm³/mol. The minimum absolute atomic E-state index is 0.0795. The lowest BCUT2D eigenvalue weighted by Crippen LogP contribution is -2.26. The molecule has 23 heavy (non-hydrogen) atoms. The minimum atomic E-state index is -0.0795. The molecule has 6 heteroatoms. The molecule has 3 rings (SSSR count). The second kappa shape index (κ2) is 6.48. The van der Waals surface area contributed by atoms with E-state index in [1.807, 2.05) is 72.1 Å². The molecule has 0 fully saturated rings. The Morgan fingerprint density at radius 3 is 2.65 bits per heavy atom. The summed E-state index contributed by atoms with van der Waals surface area (Å²) in [6.45, 7) is 0.518. The number of fused-ring (bicyclic) bond motifs is 1. The van der Waals surface area contributed by atoms with Gasteiger partial charge in [0.15, 0.2) is 5.65 Å². The van der Waals surface area contributed by atoms with E-state index in [-0.39, 0.29) is 5.91 Å². The van der Waals surface area contributed by atoms with E-state index in [4.69, 9.17) is 0 Å². The Kier molecular flexibility index (Phi) is 4.23. The number of aromatic nitrogens is 3. The van der Waals surface area contributed by atoms with E-state index in [1.54, 1.807) is 0 Å². The highest BCUT2D eigenvalue weighted by Gasteiger charge is 2.08. The molecule has 3 aromatic rings. The van der Waals surface area contributed by atoms with Crippen molar-refractivity contribution >= 4 is 17.2 Å². The van der Waals surface area contributed by atoms with Crippen LogP contribution in [0, 0.1) is 0 Å². The van der Waals surface area contributed by atoms with Crippen molar-refractivity contribution < 1.29 is 4.79 Å². The summed E-state index contributed by atoms with van der Waals surface area (Å²) in [6.07, 6.45) is 2.55. The van der Waals surface area contributed by atoms with E-state index < -0.39 is 0 Å². The Hall–Kier alpha value is -2.89. The van der Waals surface area contributed by atoms with Gasteiger partial charge in [-0.05, 0) is 36.4 Å². The molecular formula is C17H19N5O. The summed E-state index contributed by atoms with van der Waals surface area (Å²) in [5, 5.41) is 11.2. The molecular weight excluding hydrogens is 290 g/mol. The van der Waals surface area contributed by atoms with Crippen LogP contribution in [0.1, 0.15) is 16.2 Å². The molecule has 6 nitrogen and oxygen atoms in total. The third-order valence-corrected chi connectivity index (χ3v) is 3.66. The molecule has 1 N–H and O–H groups in total. The topological polar surface area (TPSA) is 62.5 Å². The molecule has 0 radical (unpaired) electrons. The van der Waals surface area contributed by atoms with Crippen molar-refractivity contribution in [3.63, 3.8) is 0 Å². The number of amides is 1. The van der Waals surface area contributed by atoms with Gasteiger partial charge in [0.05, 0.1) is 0 Å². The SMILES string of the molecule is CN(C)c1ccc(C(=O)NCCc2nnc3ccccn23)cc1. The van der Waals surface area contributed by atoms with Gasteiger partial charge in [0.2, 0.25) is 0 Å². The number of hydrogen-bond acceptors (Lipinski definition) is 4. The van der Waals surface area contributed by atoms with E-state index in [0.29, 0.717) is 18.5 Å². The molecule has 2 heterocycles. The molecule has 118 valence electrons. The number of nitrogens with one attached hydrogen (secondary N) is 1. The van der Waals surface area contributed by atoms with Gasteiger partial charge in [-0.15, -0.1) is 10.2 Å². The fraction of sp³-hybridized carbons (Fsp3) is 0.235. The monoisotopic (exact) mass is 309 g/mol. The summed E-state index contributed by atoms with van der Waals surface area (Å²) in [7, 11) is 3.94. The second-order valence-electron chi connectivity index (χ2n) is 5.49. The number of hydrogen-bond donors (Lipinski definition) is 1. The number of pyridine rings is 1. The highest BCUT2D eigenvalue weighted by molar-refractivity contribution is 5.94. The van der Waals surface area contributed by atoms with Crippen LogP contribution < -0.4 is 10.2 Å². The number of nitrogens with zero attached hydrogens (tertiary/aromatic N) is 4. The van der Waals surface area contributed by atoms with Crippen LogP contribution in [0.3, 0.4) is 0 Å². The van der Waals surface area contributed by atoms with Crippen LogP contribution in [0.5, 0.6) is 0 Å². The number of rotatable bonds is 5. The van der Waals surface area contributed by atoms with E-state index in [2.05, 4.69) is 15.5 Å². The van der Waals surface area contributed by atoms with Gasteiger partial charge in [-0.25, -0.2) is 0 Å². The molecule has 0 bridgehead atoms. The first-order valence-corrected chi connectivity index (χ1v) is 7.49. The molecule has 0 aliphatic rings. The summed E-state index contributed by atoms with van der Waals surface area (Å²) in [5.41, 5.74) is 2.53. The first-order chi connectivity index (χ1) is 11.1. The molecule has 0 aliphatic carbocycles. The third-order valence-electron chi connectivity index (χ3n) is 3.66. The van der Waals surface area contributed by atoms with Crippen LogP contribution in [0.4, 0.5) is 5.69 Å². The Labute approximate surface area is 134 Å². The van der Waals surface area contributed by atoms with Crippen molar-refractivity contribution in [3.8, 4) is 0 Å². The average molecular weight is 309 g/mol. The molecule has 0 atom stereocenters. The summed E-state index contributed by atoms with van der Waals surface area (Å²) >= 11 is 0. The summed E-state index contributed by atoms with van der Waals surface area (Å²) in [5.74, 6) is 0.757. The van der Waals surface area contributed by atoms with Crippen molar-refractivity contribution in [3.05, 3.63) is 60.0 Å². The summed E-state index contributed by atoms with van der Waals surface area (Å²) in [6, 6.07) is 13.3. The molecule has 1 aromatic carbocycles. The fourth-order valence-electron chi connectivity index (χ4n) is 2.36. The Balaban J connectivity index is 1.59. The molecule has 1 amide bonds. The normalized spacial score (nSPS) is 10.7. The van der Waals surface area contributed by atoms with E-state index in [0.717, 1.165) is 17.2 Å². The van der Waals surface area contributed by atoms with Gasteiger partial charge in [-0.3, -0.25) is 9.20 Å². The van der Waals surface area contributed by atoms with Crippen molar-refractivity contribution in [2.24, 2.45) is 0 Å². The van der Waals surface area contributed by atoms with Crippen LogP contribution in [-0.4, -0.2) is 41.1 Å². The molecule has 0 aliphatic heterocycles. The fourth-order valence-corrected chi connectivity index (χ4v) is 2.36. The number of carbonyl (C=O) groups is 1. The minimum Gasteiger partial charge on any atom is -0.378 e. The predicted octanol–water partition coefficient (Wildman–Crippen LogP) is 1.77. The smallest absolute Gasteiger partial charge is 0.251 e. The van der Waals surface area contributed by atoms with Crippen molar-refractivity contribution in [1.82, 2.24) is 19.9 Å². The number of anilines is 1. The van der Waals surface area contributed by atoms with E-state index >= 15 is 0 Å². The highest BCUT2D eigenvalue weighted by Crippen LogP contribution is 2.12. The number of carbonyl (C=O) groups excluding carboxylic acids is 1. The van der Waals surface area contributed by atoms with Gasteiger partial charge in [-0.1, -0.05) is 6.07 Å². The zero-order valence-corrected chi connectivity index (χ0v) is 13.2. The lowest BCUT2D eigenvalue weighted by molar-refractivity contribution is 0.0954. The molecule has 0 saturated carbocycles. The quantitative estimate of drug-likeness (QED) is 0.780. The van der Waals surface area contributed by atoms with Gasteiger partial charge in [0.1, 0.15) is 5.82 Å². The van der Waals surface area contributed by atoms with Crippen LogP contribution in [0.2, 0.25) is 0 Å². The Bertz CT molecular complexity index is 807. The molecule has 0 saturated heterocycles. The zero-order chi connectivity index (χ0) is 16.2. The lowest BCUT2D eigenvalue weighted by Gasteiger charge is -2.12. The standard InChI is InChI=1S/C17H19N5O/c1-21(2)14-8-6-13(7-9-14)17(23)18-11-10-16-20-19-15-5-3-4-12-22(15)16/h3-9,12H,10-11H2,1-2H3,(H,18,23). The van der Waals surface area contributed by atoms with Crippen LogP contribution in [0.15, 0.2) is 48.7 Å². The first-order valence-electron chi connectivity index (χ1n) is 7.49. The van der Waals surface area contributed by atoms with Crippen molar-refractivity contribution in [2.75, 3.05) is 25.5 Å². The summed E-state index contributed by atoms with van der Waals surface area (Å²) < 4.78 is 1.93. The Morgan fingerprint density at radius 2 is 1.91 bits per heavy atom. The van der Waals surface area contributed by atoms with Gasteiger partial charge >= 0.3 is 0 Å². The van der Waals surface area contributed by atoms with Gasteiger partial charge in [0.25, 0.3) is 5.91 Å². The van der Waals surface area contributed by atoms with Crippen LogP contribution >= 0.6 is 0 Å². The van der Waals surface area contributed by atoms with Gasteiger partial charge < -0.3 is 10.2 Å². The maximum atomic E-state index is 12.2. The highest BCUT2D eigenvalue weighted by atomic mass is 16.1.